The van der Waals surface area contributed by atoms with E-state index >= 15 is 0 Å². The van der Waals surface area contributed by atoms with Gasteiger partial charge in [0.25, 0.3) is 0 Å². The van der Waals surface area contributed by atoms with Crippen LogP contribution in [0.15, 0.2) is 42.5 Å². The van der Waals surface area contributed by atoms with E-state index < -0.39 is 23.5 Å². The molecule has 0 aliphatic heterocycles. The van der Waals surface area contributed by atoms with Gasteiger partial charge in [-0.2, -0.15) is 26.3 Å². The fourth-order valence-corrected chi connectivity index (χ4v) is 2.00. The second-order valence-electron chi connectivity index (χ2n) is 4.85. The molecule has 130 valence electrons. The van der Waals surface area contributed by atoms with Crippen molar-refractivity contribution in [3.05, 3.63) is 59.2 Å². The summed E-state index contributed by atoms with van der Waals surface area (Å²) in [5.41, 5.74) is -1.72. The van der Waals surface area contributed by atoms with Crippen LogP contribution in [0.3, 0.4) is 0 Å². The monoisotopic (exact) mass is 350 g/mol. The molecule has 0 amide bonds. The van der Waals surface area contributed by atoms with Crippen LogP contribution in [0.4, 0.5) is 26.3 Å². The summed E-state index contributed by atoms with van der Waals surface area (Å²) in [7, 11) is 1.11. The number of benzene rings is 2. The molecule has 0 unspecified atom stereocenters. The van der Waals surface area contributed by atoms with Gasteiger partial charge < -0.3 is 9.47 Å². The summed E-state index contributed by atoms with van der Waals surface area (Å²) in [4.78, 5) is 0. The zero-order valence-corrected chi connectivity index (χ0v) is 12.3. The molecule has 0 N–H and O–H groups in total. The Labute approximate surface area is 133 Å². The van der Waals surface area contributed by atoms with Gasteiger partial charge in [0.1, 0.15) is 18.1 Å². The first-order valence-electron chi connectivity index (χ1n) is 6.65. The van der Waals surface area contributed by atoms with Gasteiger partial charge in [0.15, 0.2) is 0 Å². The van der Waals surface area contributed by atoms with Gasteiger partial charge in [-0.1, -0.05) is 12.1 Å². The Kier molecular flexibility index (Phi) is 4.96. The number of hydrogen-bond donors (Lipinski definition) is 0. The summed E-state index contributed by atoms with van der Waals surface area (Å²) in [6, 6.07) is 7.44. The summed E-state index contributed by atoms with van der Waals surface area (Å²) in [6.07, 6.45) is -9.14. The molecule has 0 heterocycles. The number of ether oxygens (including phenoxy) is 2. The molecular formula is C16H12F6O2. The van der Waals surface area contributed by atoms with Gasteiger partial charge in [-0.15, -0.1) is 0 Å². The van der Waals surface area contributed by atoms with Gasteiger partial charge in [0.2, 0.25) is 0 Å². The quantitative estimate of drug-likeness (QED) is 0.696. The van der Waals surface area contributed by atoms with Crippen molar-refractivity contribution >= 4 is 0 Å². The summed E-state index contributed by atoms with van der Waals surface area (Å²) in [6.45, 7) is -0.311. The minimum absolute atomic E-state index is 0.0887. The molecule has 0 bridgehead atoms. The predicted octanol–water partition coefficient (Wildman–Crippen LogP) is 5.31. The van der Waals surface area contributed by atoms with Crippen LogP contribution in [0.2, 0.25) is 0 Å². The van der Waals surface area contributed by atoms with Crippen molar-refractivity contribution in [2.45, 2.75) is 19.0 Å². The molecule has 0 aliphatic carbocycles. The summed E-state index contributed by atoms with van der Waals surface area (Å²) in [5, 5.41) is 0. The number of rotatable bonds is 4. The fraction of sp³-hybridized carbons (Fsp3) is 0.250. The van der Waals surface area contributed by atoms with E-state index in [4.69, 9.17) is 4.74 Å². The SMILES string of the molecule is COc1ccc(COc2cccc(C(F)(F)F)c2)cc1C(F)(F)F. The third kappa shape index (κ3) is 4.33. The van der Waals surface area contributed by atoms with Crippen LogP contribution in [0.25, 0.3) is 0 Å². The maximum atomic E-state index is 12.9. The molecule has 0 atom stereocenters. The third-order valence-electron chi connectivity index (χ3n) is 3.14. The van der Waals surface area contributed by atoms with Crippen molar-refractivity contribution < 1.29 is 35.8 Å². The van der Waals surface area contributed by atoms with Gasteiger partial charge in [-0.05, 0) is 35.9 Å². The Hall–Kier alpha value is -2.38. The highest BCUT2D eigenvalue weighted by molar-refractivity contribution is 5.39. The van der Waals surface area contributed by atoms with E-state index in [0.717, 1.165) is 37.4 Å². The Morgan fingerprint density at radius 3 is 2.17 bits per heavy atom. The van der Waals surface area contributed by atoms with E-state index in [0.29, 0.717) is 0 Å². The van der Waals surface area contributed by atoms with Crippen LogP contribution in [0, 0.1) is 0 Å². The van der Waals surface area contributed by atoms with Crippen molar-refractivity contribution in [2.24, 2.45) is 0 Å². The third-order valence-corrected chi connectivity index (χ3v) is 3.14. The lowest BCUT2D eigenvalue weighted by atomic mass is 10.1. The Bertz CT molecular complexity index is 706. The second-order valence-corrected chi connectivity index (χ2v) is 4.85. The van der Waals surface area contributed by atoms with Crippen LogP contribution < -0.4 is 9.47 Å². The molecule has 0 spiro atoms. The first-order valence-corrected chi connectivity index (χ1v) is 6.65. The Morgan fingerprint density at radius 2 is 1.58 bits per heavy atom. The van der Waals surface area contributed by atoms with Crippen molar-refractivity contribution in [2.75, 3.05) is 7.11 Å². The Balaban J connectivity index is 2.18. The van der Waals surface area contributed by atoms with Gasteiger partial charge in [0.05, 0.1) is 18.2 Å². The molecule has 8 heteroatoms. The lowest BCUT2D eigenvalue weighted by Crippen LogP contribution is -2.09. The van der Waals surface area contributed by atoms with E-state index in [1.807, 2.05) is 0 Å². The van der Waals surface area contributed by atoms with E-state index in [1.165, 1.54) is 12.1 Å². The van der Waals surface area contributed by atoms with Crippen molar-refractivity contribution in [3.8, 4) is 11.5 Å². The van der Waals surface area contributed by atoms with Crippen LogP contribution in [-0.2, 0) is 19.0 Å². The van der Waals surface area contributed by atoms with Crippen molar-refractivity contribution in [1.29, 1.82) is 0 Å². The normalized spacial score (nSPS) is 12.1. The molecule has 0 fully saturated rings. The van der Waals surface area contributed by atoms with E-state index in [1.54, 1.807) is 0 Å². The van der Waals surface area contributed by atoms with Crippen molar-refractivity contribution in [3.63, 3.8) is 0 Å². The first kappa shape index (κ1) is 18.0. The average Bonchev–Trinajstić information content (AvgIpc) is 2.51. The van der Waals surface area contributed by atoms with Crippen molar-refractivity contribution in [1.82, 2.24) is 0 Å². The standard InChI is InChI=1S/C16H12F6O2/c1-23-14-6-5-10(7-13(14)16(20,21)22)9-24-12-4-2-3-11(8-12)15(17,18)19/h2-8H,9H2,1H3. The van der Waals surface area contributed by atoms with E-state index in [9.17, 15) is 26.3 Å². The molecule has 24 heavy (non-hydrogen) atoms. The van der Waals surface area contributed by atoms with Crippen LogP contribution >= 0.6 is 0 Å². The van der Waals surface area contributed by atoms with Crippen LogP contribution in [-0.4, -0.2) is 7.11 Å². The minimum Gasteiger partial charge on any atom is -0.496 e. The molecule has 2 aromatic carbocycles. The number of halogens is 6. The molecule has 0 aliphatic rings. The lowest BCUT2D eigenvalue weighted by Gasteiger charge is -2.14. The highest BCUT2D eigenvalue weighted by Crippen LogP contribution is 2.37. The van der Waals surface area contributed by atoms with Crippen LogP contribution in [0.1, 0.15) is 16.7 Å². The first-order chi connectivity index (χ1) is 11.1. The highest BCUT2D eigenvalue weighted by Gasteiger charge is 2.34. The molecule has 0 saturated heterocycles. The van der Waals surface area contributed by atoms with Gasteiger partial charge >= 0.3 is 12.4 Å². The minimum atomic E-state index is -4.61. The highest BCUT2D eigenvalue weighted by atomic mass is 19.4. The van der Waals surface area contributed by atoms with E-state index in [-0.39, 0.29) is 23.7 Å². The number of alkyl halides is 6. The smallest absolute Gasteiger partial charge is 0.419 e. The molecule has 2 aromatic rings. The fourth-order valence-electron chi connectivity index (χ4n) is 2.00. The molecule has 0 saturated carbocycles. The molecule has 0 aromatic heterocycles. The summed E-state index contributed by atoms with van der Waals surface area (Å²) >= 11 is 0. The Morgan fingerprint density at radius 1 is 0.875 bits per heavy atom. The van der Waals surface area contributed by atoms with E-state index in [2.05, 4.69) is 4.74 Å². The van der Waals surface area contributed by atoms with Gasteiger partial charge in [-0.25, -0.2) is 0 Å². The molecular weight excluding hydrogens is 338 g/mol. The van der Waals surface area contributed by atoms with Crippen LogP contribution in [0.5, 0.6) is 11.5 Å². The maximum Gasteiger partial charge on any atom is 0.419 e. The average molecular weight is 350 g/mol. The van der Waals surface area contributed by atoms with Gasteiger partial charge in [-0.3, -0.25) is 0 Å². The summed E-state index contributed by atoms with van der Waals surface area (Å²) < 4.78 is 86.4. The topological polar surface area (TPSA) is 18.5 Å². The largest absolute Gasteiger partial charge is 0.496 e. The number of methoxy groups -OCH3 is 1. The molecule has 0 radical (unpaired) electrons. The van der Waals surface area contributed by atoms with Gasteiger partial charge in [0, 0.05) is 0 Å². The second kappa shape index (κ2) is 6.62. The number of hydrogen-bond acceptors (Lipinski definition) is 2. The zero-order valence-electron chi connectivity index (χ0n) is 12.3. The lowest BCUT2D eigenvalue weighted by molar-refractivity contribution is -0.139. The summed E-state index contributed by atoms with van der Waals surface area (Å²) in [5.74, 6) is -0.431. The molecule has 2 rings (SSSR count). The predicted molar refractivity (Wildman–Crippen MR) is 73.8 cm³/mol. The molecule has 2 nitrogen and oxygen atoms in total. The zero-order chi connectivity index (χ0) is 18.0. The maximum absolute atomic E-state index is 12.9.